The smallest absolute Gasteiger partial charge is 0.290 e. The van der Waals surface area contributed by atoms with E-state index < -0.39 is 23.5 Å². The number of carbonyl (C=O) groups is 2. The zero-order valence-corrected chi connectivity index (χ0v) is 17.8. The van der Waals surface area contributed by atoms with Crippen LogP contribution in [0.25, 0.3) is 6.08 Å². The number of allylic oxidation sites excluding steroid dienone is 1. The number of aliphatic hydroxyl groups is 1. The van der Waals surface area contributed by atoms with Crippen molar-refractivity contribution in [1.82, 2.24) is 9.80 Å². The summed E-state index contributed by atoms with van der Waals surface area (Å²) in [6, 6.07) is 9.70. The van der Waals surface area contributed by atoms with Gasteiger partial charge in [0.25, 0.3) is 5.91 Å². The van der Waals surface area contributed by atoms with E-state index in [0.717, 1.165) is 13.1 Å². The van der Waals surface area contributed by atoms with Gasteiger partial charge in [0.2, 0.25) is 0 Å². The second-order valence-electron chi connectivity index (χ2n) is 6.95. The van der Waals surface area contributed by atoms with Gasteiger partial charge in [-0.25, -0.2) is 0 Å². The van der Waals surface area contributed by atoms with Gasteiger partial charge in [-0.2, -0.15) is 0 Å². The van der Waals surface area contributed by atoms with Crippen LogP contribution in [-0.4, -0.2) is 52.8 Å². The largest absolute Gasteiger partial charge is 0.503 e. The lowest BCUT2D eigenvalue weighted by molar-refractivity contribution is -0.129. The van der Waals surface area contributed by atoms with Crippen LogP contribution in [0.3, 0.4) is 0 Å². The van der Waals surface area contributed by atoms with Crippen LogP contribution in [0.1, 0.15) is 31.2 Å². The highest BCUT2D eigenvalue weighted by atomic mass is 35.5. The van der Waals surface area contributed by atoms with Gasteiger partial charge in [0, 0.05) is 18.1 Å². The van der Waals surface area contributed by atoms with Crippen molar-refractivity contribution in [3.8, 4) is 0 Å². The summed E-state index contributed by atoms with van der Waals surface area (Å²) in [5.74, 6) is -0.989. The van der Waals surface area contributed by atoms with Crippen LogP contribution in [0.4, 0.5) is 0 Å². The Bertz CT molecular complexity index is 944. The molecule has 1 unspecified atom stereocenters. The Morgan fingerprint density at radius 3 is 2.53 bits per heavy atom. The van der Waals surface area contributed by atoms with E-state index in [-0.39, 0.29) is 5.57 Å². The van der Waals surface area contributed by atoms with Gasteiger partial charge < -0.3 is 19.3 Å². The summed E-state index contributed by atoms with van der Waals surface area (Å²) in [5, 5.41) is 11.1. The van der Waals surface area contributed by atoms with E-state index in [2.05, 4.69) is 18.7 Å². The second-order valence-corrected chi connectivity index (χ2v) is 7.39. The molecule has 6 nitrogen and oxygen atoms in total. The summed E-state index contributed by atoms with van der Waals surface area (Å²) in [6.07, 6.45) is 4.34. The quantitative estimate of drug-likeness (QED) is 0.604. The molecule has 0 spiro atoms. The zero-order chi connectivity index (χ0) is 21.7. The molecule has 0 bridgehead atoms. The zero-order valence-electron chi connectivity index (χ0n) is 17.0. The molecule has 1 aromatic heterocycles. The van der Waals surface area contributed by atoms with Crippen LogP contribution >= 0.6 is 11.6 Å². The van der Waals surface area contributed by atoms with Gasteiger partial charge in [-0.15, -0.1) is 0 Å². The lowest BCUT2D eigenvalue weighted by Gasteiger charge is -2.29. The van der Waals surface area contributed by atoms with Gasteiger partial charge in [0.05, 0.1) is 17.9 Å². The lowest BCUT2D eigenvalue weighted by Crippen LogP contribution is -2.38. The Morgan fingerprint density at radius 2 is 1.93 bits per heavy atom. The van der Waals surface area contributed by atoms with Gasteiger partial charge in [-0.3, -0.25) is 9.59 Å². The van der Waals surface area contributed by atoms with E-state index >= 15 is 0 Å². The standard InChI is InChI=1S/C23H25ClN2O4/c1-3-25(4-2)13-14-26-21(16-7-9-17(24)10-8-16)20(22(28)23(26)29)19(27)12-11-18-6-5-15-30-18/h5-12,15,21,28H,3-4,13-14H2,1-2H3/b12-11+. The summed E-state index contributed by atoms with van der Waals surface area (Å²) in [6.45, 7) is 6.82. The van der Waals surface area contributed by atoms with Crippen molar-refractivity contribution in [3.05, 3.63) is 76.4 Å². The van der Waals surface area contributed by atoms with Crippen molar-refractivity contribution in [2.45, 2.75) is 19.9 Å². The highest BCUT2D eigenvalue weighted by molar-refractivity contribution is 6.30. The van der Waals surface area contributed by atoms with Crippen molar-refractivity contribution < 1.29 is 19.1 Å². The molecule has 3 rings (SSSR count). The van der Waals surface area contributed by atoms with Crippen molar-refractivity contribution in [2.24, 2.45) is 0 Å². The first-order valence-electron chi connectivity index (χ1n) is 9.94. The number of furan rings is 1. The number of amides is 1. The first kappa shape index (κ1) is 21.9. The van der Waals surface area contributed by atoms with Crippen LogP contribution in [0, 0.1) is 0 Å². The molecule has 0 fully saturated rings. The number of hydrogen-bond acceptors (Lipinski definition) is 5. The molecule has 2 heterocycles. The Labute approximate surface area is 181 Å². The molecule has 2 aromatic rings. The third-order valence-electron chi connectivity index (χ3n) is 5.25. The van der Waals surface area contributed by atoms with Gasteiger partial charge in [-0.05, 0) is 55.1 Å². The minimum Gasteiger partial charge on any atom is -0.503 e. The number of rotatable bonds is 9. The number of likely N-dealkylation sites (N-methyl/N-ethyl adjacent to an activating group) is 1. The van der Waals surface area contributed by atoms with Gasteiger partial charge in [0.1, 0.15) is 5.76 Å². The molecule has 0 saturated carbocycles. The summed E-state index contributed by atoms with van der Waals surface area (Å²) >= 11 is 6.02. The van der Waals surface area contributed by atoms with Crippen LogP contribution in [0.2, 0.25) is 5.02 Å². The molecule has 1 atom stereocenters. The minimum atomic E-state index is -0.681. The monoisotopic (exact) mass is 428 g/mol. The molecule has 0 radical (unpaired) electrons. The topological polar surface area (TPSA) is 74.0 Å². The predicted octanol–water partition coefficient (Wildman–Crippen LogP) is 4.25. The normalized spacial score (nSPS) is 17.0. The lowest BCUT2D eigenvalue weighted by atomic mass is 9.96. The first-order valence-corrected chi connectivity index (χ1v) is 10.3. The molecule has 1 aliphatic heterocycles. The van der Waals surface area contributed by atoms with E-state index in [1.54, 1.807) is 41.3 Å². The molecule has 0 saturated heterocycles. The number of aliphatic hydroxyl groups excluding tert-OH is 1. The second kappa shape index (κ2) is 9.78. The van der Waals surface area contributed by atoms with Gasteiger partial charge >= 0.3 is 0 Å². The molecule has 0 aliphatic carbocycles. The maximum absolute atomic E-state index is 13.0. The average molecular weight is 429 g/mol. The van der Waals surface area contributed by atoms with Crippen molar-refractivity contribution >= 4 is 29.4 Å². The number of ketones is 1. The predicted molar refractivity (Wildman–Crippen MR) is 116 cm³/mol. The fourth-order valence-corrected chi connectivity index (χ4v) is 3.68. The highest BCUT2D eigenvalue weighted by Crippen LogP contribution is 2.38. The first-order chi connectivity index (χ1) is 14.5. The Morgan fingerprint density at radius 1 is 1.23 bits per heavy atom. The van der Waals surface area contributed by atoms with Crippen LogP contribution in [0.5, 0.6) is 0 Å². The molecule has 1 aromatic carbocycles. The third-order valence-corrected chi connectivity index (χ3v) is 5.50. The minimum absolute atomic E-state index is 0.0599. The maximum Gasteiger partial charge on any atom is 0.290 e. The summed E-state index contributed by atoms with van der Waals surface area (Å²) in [7, 11) is 0. The van der Waals surface area contributed by atoms with Gasteiger partial charge in [0.15, 0.2) is 11.5 Å². The third kappa shape index (κ3) is 4.66. The highest BCUT2D eigenvalue weighted by Gasteiger charge is 2.42. The Hall–Kier alpha value is -2.83. The van der Waals surface area contributed by atoms with E-state index in [9.17, 15) is 14.7 Å². The van der Waals surface area contributed by atoms with Crippen molar-refractivity contribution in [3.63, 3.8) is 0 Å². The van der Waals surface area contributed by atoms with E-state index in [0.29, 0.717) is 29.4 Å². The Balaban J connectivity index is 1.94. The fraction of sp³-hybridized carbons (Fsp3) is 0.304. The molecule has 158 valence electrons. The molecule has 7 heteroatoms. The number of nitrogens with zero attached hydrogens (tertiary/aromatic N) is 2. The number of halogens is 1. The van der Waals surface area contributed by atoms with E-state index in [1.807, 2.05) is 0 Å². The van der Waals surface area contributed by atoms with E-state index in [4.69, 9.17) is 16.0 Å². The molecular weight excluding hydrogens is 404 g/mol. The van der Waals surface area contributed by atoms with Crippen LogP contribution in [0.15, 0.2) is 64.5 Å². The SMILES string of the molecule is CCN(CC)CCN1C(=O)C(O)=C(C(=O)/C=C/c2ccco2)C1c1ccc(Cl)cc1. The molecule has 30 heavy (non-hydrogen) atoms. The van der Waals surface area contributed by atoms with Crippen LogP contribution in [-0.2, 0) is 9.59 Å². The van der Waals surface area contributed by atoms with Gasteiger partial charge in [-0.1, -0.05) is 37.6 Å². The number of carbonyl (C=O) groups excluding carboxylic acids is 2. The maximum atomic E-state index is 13.0. The molecule has 1 N–H and O–H groups in total. The van der Waals surface area contributed by atoms with Crippen molar-refractivity contribution in [2.75, 3.05) is 26.2 Å². The van der Waals surface area contributed by atoms with Crippen LogP contribution < -0.4 is 0 Å². The molecule has 1 amide bonds. The summed E-state index contributed by atoms with van der Waals surface area (Å²) < 4.78 is 5.21. The van der Waals surface area contributed by atoms with Crippen molar-refractivity contribution in [1.29, 1.82) is 0 Å². The molecular formula is C23H25ClN2O4. The summed E-state index contributed by atoms with van der Waals surface area (Å²) in [5.41, 5.74) is 0.774. The fourth-order valence-electron chi connectivity index (χ4n) is 3.55. The average Bonchev–Trinajstić information content (AvgIpc) is 3.35. The Kier molecular flexibility index (Phi) is 7.13. The number of benzene rings is 1. The number of hydrogen-bond donors (Lipinski definition) is 1. The van der Waals surface area contributed by atoms with E-state index in [1.165, 1.54) is 18.4 Å². The summed E-state index contributed by atoms with van der Waals surface area (Å²) in [4.78, 5) is 29.6. The molecule has 1 aliphatic rings.